The maximum absolute atomic E-state index is 14.2. The summed E-state index contributed by atoms with van der Waals surface area (Å²) >= 11 is 3.13. The van der Waals surface area contributed by atoms with E-state index in [1.165, 1.54) is 26.4 Å². The van der Waals surface area contributed by atoms with E-state index < -0.39 is 5.82 Å². The molecule has 2 aromatic rings. The lowest BCUT2D eigenvalue weighted by Crippen LogP contribution is -1.97. The van der Waals surface area contributed by atoms with Crippen molar-refractivity contribution in [3.63, 3.8) is 0 Å². The first-order valence-corrected chi connectivity index (χ1v) is 5.79. The van der Waals surface area contributed by atoms with Crippen LogP contribution in [0.25, 0.3) is 11.3 Å². The number of aromatic nitrogens is 2. The number of halogens is 2. The van der Waals surface area contributed by atoms with Gasteiger partial charge in [0.1, 0.15) is 5.82 Å². The van der Waals surface area contributed by atoms with Gasteiger partial charge in [0.25, 0.3) is 0 Å². The molecule has 96 valence electrons. The normalized spacial score (nSPS) is 10.4. The van der Waals surface area contributed by atoms with Crippen LogP contribution < -0.4 is 15.2 Å². The highest BCUT2D eigenvalue weighted by molar-refractivity contribution is 9.10. The summed E-state index contributed by atoms with van der Waals surface area (Å²) < 4.78 is 24.8. The highest BCUT2D eigenvalue weighted by Gasteiger charge is 2.21. The maximum atomic E-state index is 14.2. The van der Waals surface area contributed by atoms with Gasteiger partial charge in [-0.2, -0.15) is 5.10 Å². The third-order valence-corrected chi connectivity index (χ3v) is 3.01. The van der Waals surface area contributed by atoms with Crippen LogP contribution >= 0.6 is 15.9 Å². The number of hydrogen-bond donors (Lipinski definition) is 2. The summed E-state index contributed by atoms with van der Waals surface area (Å²) in [6.07, 6.45) is 0. The Morgan fingerprint density at radius 3 is 2.56 bits per heavy atom. The molecule has 1 heterocycles. The van der Waals surface area contributed by atoms with Gasteiger partial charge in [-0.15, -0.1) is 0 Å². The largest absolute Gasteiger partial charge is 0.493 e. The second-order valence-electron chi connectivity index (χ2n) is 3.49. The summed E-state index contributed by atoms with van der Waals surface area (Å²) in [5, 5.41) is 6.41. The molecule has 0 unspecified atom stereocenters. The van der Waals surface area contributed by atoms with Crippen LogP contribution in [0.3, 0.4) is 0 Å². The maximum Gasteiger partial charge on any atom is 0.173 e. The molecule has 0 saturated heterocycles. The van der Waals surface area contributed by atoms with Crippen LogP contribution in [0.2, 0.25) is 0 Å². The topological polar surface area (TPSA) is 73.2 Å². The van der Waals surface area contributed by atoms with Gasteiger partial charge in [0.15, 0.2) is 17.3 Å². The molecule has 1 aromatic carbocycles. The molecule has 0 aliphatic heterocycles. The fraction of sp³-hybridized carbons (Fsp3) is 0.182. The van der Waals surface area contributed by atoms with Gasteiger partial charge in [0.05, 0.1) is 29.9 Å². The minimum Gasteiger partial charge on any atom is -0.493 e. The van der Waals surface area contributed by atoms with Crippen LogP contribution in [0, 0.1) is 5.82 Å². The number of nitrogen functional groups attached to an aromatic ring is 1. The predicted molar refractivity (Wildman–Crippen MR) is 69.2 cm³/mol. The molecule has 0 spiro atoms. The number of methoxy groups -OCH3 is 2. The number of ether oxygens (including phenoxy) is 2. The summed E-state index contributed by atoms with van der Waals surface area (Å²) in [7, 11) is 2.92. The number of nitrogens with zero attached hydrogens (tertiary/aromatic N) is 1. The van der Waals surface area contributed by atoms with Gasteiger partial charge in [-0.1, -0.05) is 0 Å². The van der Waals surface area contributed by atoms with Gasteiger partial charge < -0.3 is 15.2 Å². The first-order chi connectivity index (χ1) is 8.58. The summed E-state index contributed by atoms with van der Waals surface area (Å²) in [5.74, 6) is 0.484. The van der Waals surface area contributed by atoms with Crippen molar-refractivity contribution in [1.82, 2.24) is 10.2 Å². The molecule has 0 saturated carbocycles. The van der Waals surface area contributed by atoms with Crippen LogP contribution in [-0.2, 0) is 0 Å². The Kier molecular flexibility index (Phi) is 3.42. The molecule has 7 heteroatoms. The Labute approximate surface area is 111 Å². The van der Waals surface area contributed by atoms with E-state index in [0.29, 0.717) is 11.4 Å². The van der Waals surface area contributed by atoms with Crippen LogP contribution in [0.1, 0.15) is 0 Å². The van der Waals surface area contributed by atoms with E-state index in [0.717, 1.165) is 0 Å². The molecule has 0 radical (unpaired) electrons. The fourth-order valence-corrected chi connectivity index (χ4v) is 2.05. The zero-order chi connectivity index (χ0) is 13.3. The smallest absolute Gasteiger partial charge is 0.173 e. The van der Waals surface area contributed by atoms with Gasteiger partial charge in [0.2, 0.25) is 0 Å². The molecule has 3 N–H and O–H groups in total. The summed E-state index contributed by atoms with van der Waals surface area (Å²) in [4.78, 5) is 0. The minimum atomic E-state index is -0.476. The average molecular weight is 316 g/mol. The molecule has 0 aliphatic rings. The molecule has 0 aliphatic carbocycles. The molecule has 0 atom stereocenters. The summed E-state index contributed by atoms with van der Waals surface area (Å²) in [6.45, 7) is 0. The zero-order valence-electron chi connectivity index (χ0n) is 9.75. The molecule has 2 rings (SSSR count). The van der Waals surface area contributed by atoms with Gasteiger partial charge in [-0.3, -0.25) is 5.10 Å². The third-order valence-electron chi connectivity index (χ3n) is 2.43. The second-order valence-corrected chi connectivity index (χ2v) is 4.34. The van der Waals surface area contributed by atoms with E-state index in [9.17, 15) is 4.39 Å². The highest BCUT2D eigenvalue weighted by atomic mass is 79.9. The van der Waals surface area contributed by atoms with Crippen molar-refractivity contribution in [1.29, 1.82) is 0 Å². The first kappa shape index (κ1) is 12.7. The molecule has 0 amide bonds. The lowest BCUT2D eigenvalue weighted by atomic mass is 10.1. The number of rotatable bonds is 3. The predicted octanol–water partition coefficient (Wildman–Crippen LogP) is 2.58. The Balaban J connectivity index is 2.74. The lowest BCUT2D eigenvalue weighted by Gasteiger charge is -2.13. The van der Waals surface area contributed by atoms with Crippen LogP contribution in [0.4, 0.5) is 10.2 Å². The fourth-order valence-electron chi connectivity index (χ4n) is 1.65. The van der Waals surface area contributed by atoms with Crippen LogP contribution in [-0.4, -0.2) is 24.4 Å². The van der Waals surface area contributed by atoms with Crippen molar-refractivity contribution in [2.24, 2.45) is 0 Å². The van der Waals surface area contributed by atoms with E-state index in [-0.39, 0.29) is 21.6 Å². The number of nitrogens with one attached hydrogen (secondary N) is 1. The summed E-state index contributed by atoms with van der Waals surface area (Å²) in [5.41, 5.74) is 6.15. The van der Waals surface area contributed by atoms with Gasteiger partial charge in [-0.05, 0) is 15.9 Å². The monoisotopic (exact) mass is 315 g/mol. The first-order valence-electron chi connectivity index (χ1n) is 4.99. The number of anilines is 1. The molecule has 5 nitrogen and oxygen atoms in total. The number of aromatic amines is 1. The third kappa shape index (κ3) is 2.01. The van der Waals surface area contributed by atoms with Crippen molar-refractivity contribution in [3.8, 4) is 22.8 Å². The van der Waals surface area contributed by atoms with Gasteiger partial charge in [0, 0.05) is 12.1 Å². The van der Waals surface area contributed by atoms with Crippen molar-refractivity contribution in [2.75, 3.05) is 20.0 Å². The highest BCUT2D eigenvalue weighted by Crippen LogP contribution is 2.42. The average Bonchev–Trinajstić information content (AvgIpc) is 2.78. The second kappa shape index (κ2) is 4.85. The number of hydrogen-bond acceptors (Lipinski definition) is 4. The van der Waals surface area contributed by atoms with Gasteiger partial charge >= 0.3 is 0 Å². The molecule has 1 aromatic heterocycles. The molecular formula is C11H11BrFN3O2. The van der Waals surface area contributed by atoms with E-state index in [1.807, 2.05) is 0 Å². The SMILES string of the molecule is COc1cc(Br)c(F)c(-c2cc(N)n[nH]2)c1OC. The number of benzene rings is 1. The van der Waals surface area contributed by atoms with E-state index in [2.05, 4.69) is 26.1 Å². The number of nitrogens with two attached hydrogens (primary N) is 1. The Morgan fingerprint density at radius 1 is 1.33 bits per heavy atom. The lowest BCUT2D eigenvalue weighted by molar-refractivity contribution is 0.353. The number of H-pyrrole nitrogens is 1. The molecular weight excluding hydrogens is 305 g/mol. The summed E-state index contributed by atoms with van der Waals surface area (Å²) in [6, 6.07) is 3.02. The Bertz CT molecular complexity index is 586. The molecule has 18 heavy (non-hydrogen) atoms. The standard InChI is InChI=1S/C11H11BrFN3O2/c1-17-7-3-5(12)10(13)9(11(7)18-2)6-4-8(14)16-15-6/h3-4H,1-2H3,(H3,14,15,16). The van der Waals surface area contributed by atoms with E-state index >= 15 is 0 Å². The Hall–Kier alpha value is -1.76. The van der Waals surface area contributed by atoms with Crippen LogP contribution in [0.5, 0.6) is 11.5 Å². The van der Waals surface area contributed by atoms with Crippen molar-refractivity contribution < 1.29 is 13.9 Å². The van der Waals surface area contributed by atoms with Gasteiger partial charge in [-0.25, -0.2) is 4.39 Å². The minimum absolute atomic E-state index is 0.216. The Morgan fingerprint density at radius 2 is 2.06 bits per heavy atom. The van der Waals surface area contributed by atoms with Crippen molar-refractivity contribution in [3.05, 3.63) is 22.4 Å². The zero-order valence-corrected chi connectivity index (χ0v) is 11.3. The molecule has 0 bridgehead atoms. The van der Waals surface area contributed by atoms with Crippen molar-refractivity contribution in [2.45, 2.75) is 0 Å². The van der Waals surface area contributed by atoms with Crippen molar-refractivity contribution >= 4 is 21.7 Å². The molecule has 0 fully saturated rings. The van der Waals surface area contributed by atoms with E-state index in [1.54, 1.807) is 0 Å². The quantitative estimate of drug-likeness (QED) is 0.913. The van der Waals surface area contributed by atoms with E-state index in [4.69, 9.17) is 15.2 Å². The van der Waals surface area contributed by atoms with Crippen LogP contribution in [0.15, 0.2) is 16.6 Å².